The molecule has 5 aromatic rings. The standard InChI is InChI=1S/C38H37BN2/c1-3-5-13-28-21-24-31(25-22-28)41-35-26-23-29(14-6-4-2)27-33(35)39-32-17-10-11-18-34(32)40(30-15-8-7-9-16-30)36-19-12-20-37(41)38(36)39/h7-12,15-27H,3-6,13-14H2,1-2H3. The second kappa shape index (κ2) is 11.0. The highest BCUT2D eigenvalue weighted by molar-refractivity contribution is 7.00. The van der Waals surface area contributed by atoms with Crippen molar-refractivity contribution in [3.63, 3.8) is 0 Å². The SMILES string of the molecule is CCCCc1ccc(N2c3ccc(CCCC)cc3B3c4ccccc4N(c4ccccc4)c4cccc2c43)cc1. The fraction of sp³-hybridized carbons (Fsp3) is 0.211. The van der Waals surface area contributed by atoms with Crippen molar-refractivity contribution in [3.05, 3.63) is 126 Å². The van der Waals surface area contributed by atoms with E-state index >= 15 is 0 Å². The number of aryl methyl sites for hydroxylation is 2. The lowest BCUT2D eigenvalue weighted by Crippen LogP contribution is -2.61. The fourth-order valence-electron chi connectivity index (χ4n) is 6.80. The predicted molar refractivity (Wildman–Crippen MR) is 178 cm³/mol. The molecule has 0 aromatic heterocycles. The maximum Gasteiger partial charge on any atom is 0.252 e. The number of benzene rings is 5. The molecule has 0 fully saturated rings. The van der Waals surface area contributed by atoms with Crippen molar-refractivity contribution in [2.24, 2.45) is 0 Å². The smallest absolute Gasteiger partial charge is 0.252 e. The first-order valence-electron chi connectivity index (χ1n) is 15.4. The van der Waals surface area contributed by atoms with Crippen LogP contribution in [-0.2, 0) is 12.8 Å². The summed E-state index contributed by atoms with van der Waals surface area (Å²) in [5, 5.41) is 0. The van der Waals surface area contributed by atoms with Gasteiger partial charge in [0.25, 0.3) is 6.71 Å². The van der Waals surface area contributed by atoms with Gasteiger partial charge in [0.05, 0.1) is 0 Å². The zero-order valence-corrected chi connectivity index (χ0v) is 24.2. The van der Waals surface area contributed by atoms with Gasteiger partial charge in [-0.3, -0.25) is 0 Å². The molecule has 0 aliphatic carbocycles. The van der Waals surface area contributed by atoms with Crippen LogP contribution in [0.5, 0.6) is 0 Å². The van der Waals surface area contributed by atoms with E-state index in [2.05, 4.69) is 139 Å². The van der Waals surface area contributed by atoms with Crippen LogP contribution in [-0.4, -0.2) is 6.71 Å². The van der Waals surface area contributed by atoms with Crippen molar-refractivity contribution < 1.29 is 0 Å². The summed E-state index contributed by atoms with van der Waals surface area (Å²) >= 11 is 0. The van der Waals surface area contributed by atoms with Gasteiger partial charge in [0.2, 0.25) is 0 Å². The van der Waals surface area contributed by atoms with Gasteiger partial charge in [0.15, 0.2) is 0 Å². The highest BCUT2D eigenvalue weighted by atomic mass is 15.2. The number of anilines is 6. The first-order chi connectivity index (χ1) is 20.3. The normalized spacial score (nSPS) is 13.1. The third-order valence-corrected chi connectivity index (χ3v) is 8.81. The van der Waals surface area contributed by atoms with Crippen LogP contribution in [0.2, 0.25) is 0 Å². The molecular weight excluding hydrogens is 495 g/mol. The van der Waals surface area contributed by atoms with E-state index in [9.17, 15) is 0 Å². The molecule has 0 amide bonds. The lowest BCUT2D eigenvalue weighted by Gasteiger charge is -2.44. The summed E-state index contributed by atoms with van der Waals surface area (Å²) in [6, 6.07) is 43.3. The van der Waals surface area contributed by atoms with Crippen LogP contribution in [0.15, 0.2) is 115 Å². The first kappa shape index (κ1) is 25.7. The van der Waals surface area contributed by atoms with Gasteiger partial charge in [-0.25, -0.2) is 0 Å². The maximum atomic E-state index is 2.51. The Morgan fingerprint density at radius 1 is 0.488 bits per heavy atom. The van der Waals surface area contributed by atoms with Crippen molar-refractivity contribution in [1.82, 2.24) is 0 Å². The first-order valence-corrected chi connectivity index (χ1v) is 15.4. The average Bonchev–Trinajstić information content (AvgIpc) is 3.03. The Morgan fingerprint density at radius 2 is 1.05 bits per heavy atom. The molecule has 5 aromatic carbocycles. The molecule has 7 rings (SSSR count). The Hall–Kier alpha value is -4.24. The Bertz CT molecular complexity index is 1680. The number of nitrogens with zero attached hydrogens (tertiary/aromatic N) is 2. The van der Waals surface area contributed by atoms with Crippen molar-refractivity contribution >= 4 is 57.2 Å². The molecule has 0 N–H and O–H groups in total. The molecule has 2 nitrogen and oxygen atoms in total. The molecule has 0 unspecified atom stereocenters. The summed E-state index contributed by atoms with van der Waals surface area (Å²) < 4.78 is 0. The van der Waals surface area contributed by atoms with Crippen molar-refractivity contribution in [1.29, 1.82) is 0 Å². The number of fused-ring (bicyclic) bond motifs is 4. The van der Waals surface area contributed by atoms with E-state index in [1.807, 2.05) is 0 Å². The molecule has 2 heterocycles. The molecule has 0 bridgehead atoms. The summed E-state index contributed by atoms with van der Waals surface area (Å²) in [5.74, 6) is 0. The van der Waals surface area contributed by atoms with Gasteiger partial charge in [0.1, 0.15) is 0 Å². The summed E-state index contributed by atoms with van der Waals surface area (Å²) in [5.41, 5.74) is 14.6. The molecule has 2 aliphatic heterocycles. The summed E-state index contributed by atoms with van der Waals surface area (Å²) in [6.45, 7) is 4.73. The quantitative estimate of drug-likeness (QED) is 0.181. The van der Waals surface area contributed by atoms with Crippen LogP contribution in [0.1, 0.15) is 50.7 Å². The largest absolute Gasteiger partial charge is 0.311 e. The van der Waals surface area contributed by atoms with Crippen LogP contribution in [0, 0.1) is 0 Å². The summed E-state index contributed by atoms with van der Waals surface area (Å²) in [4.78, 5) is 4.97. The Morgan fingerprint density at radius 3 is 1.76 bits per heavy atom. The number of hydrogen-bond donors (Lipinski definition) is 0. The monoisotopic (exact) mass is 532 g/mol. The van der Waals surface area contributed by atoms with E-state index in [1.54, 1.807) is 0 Å². The van der Waals surface area contributed by atoms with Crippen LogP contribution in [0.25, 0.3) is 0 Å². The van der Waals surface area contributed by atoms with Gasteiger partial charge < -0.3 is 9.80 Å². The zero-order chi connectivity index (χ0) is 27.8. The number of para-hydroxylation sites is 2. The molecule has 0 saturated heterocycles. The van der Waals surface area contributed by atoms with Gasteiger partial charge in [0, 0.05) is 34.1 Å². The van der Waals surface area contributed by atoms with Crippen LogP contribution in [0.3, 0.4) is 0 Å². The van der Waals surface area contributed by atoms with Gasteiger partial charge in [-0.05, 0) is 102 Å². The Labute approximate surface area is 245 Å². The molecule has 41 heavy (non-hydrogen) atoms. The van der Waals surface area contributed by atoms with Crippen LogP contribution >= 0.6 is 0 Å². The van der Waals surface area contributed by atoms with Gasteiger partial charge in [-0.2, -0.15) is 0 Å². The topological polar surface area (TPSA) is 6.48 Å². The molecule has 2 aliphatic rings. The van der Waals surface area contributed by atoms with E-state index < -0.39 is 0 Å². The maximum absolute atomic E-state index is 2.51. The highest BCUT2D eigenvalue weighted by Gasteiger charge is 2.42. The molecule has 3 heteroatoms. The third-order valence-electron chi connectivity index (χ3n) is 8.81. The number of hydrogen-bond acceptors (Lipinski definition) is 2. The Kier molecular flexibility index (Phi) is 6.88. The molecule has 0 spiro atoms. The van der Waals surface area contributed by atoms with Crippen molar-refractivity contribution in [3.8, 4) is 0 Å². The molecular formula is C38H37BN2. The Balaban J connectivity index is 1.47. The van der Waals surface area contributed by atoms with E-state index in [4.69, 9.17) is 0 Å². The van der Waals surface area contributed by atoms with Gasteiger partial charge >= 0.3 is 0 Å². The zero-order valence-electron chi connectivity index (χ0n) is 24.2. The van der Waals surface area contributed by atoms with Crippen molar-refractivity contribution in [2.75, 3.05) is 9.80 Å². The summed E-state index contributed by atoms with van der Waals surface area (Å²) in [7, 11) is 0. The van der Waals surface area contributed by atoms with E-state index in [-0.39, 0.29) is 6.71 Å². The second-order valence-electron chi connectivity index (χ2n) is 11.5. The average molecular weight is 533 g/mol. The molecule has 0 atom stereocenters. The lowest BCUT2D eigenvalue weighted by atomic mass is 9.33. The summed E-state index contributed by atoms with van der Waals surface area (Å²) in [6.07, 6.45) is 7.13. The lowest BCUT2D eigenvalue weighted by molar-refractivity contribution is 0.795. The minimum Gasteiger partial charge on any atom is -0.311 e. The number of unbranched alkanes of at least 4 members (excludes halogenated alkanes) is 2. The fourth-order valence-corrected chi connectivity index (χ4v) is 6.80. The molecule has 0 radical (unpaired) electrons. The van der Waals surface area contributed by atoms with Crippen LogP contribution < -0.4 is 26.2 Å². The van der Waals surface area contributed by atoms with E-state index in [0.717, 1.165) is 12.8 Å². The minimum absolute atomic E-state index is 0.189. The van der Waals surface area contributed by atoms with Crippen LogP contribution in [0.4, 0.5) is 34.1 Å². The van der Waals surface area contributed by atoms with E-state index in [0.29, 0.717) is 0 Å². The minimum atomic E-state index is 0.189. The molecule has 202 valence electrons. The van der Waals surface area contributed by atoms with Crippen molar-refractivity contribution in [2.45, 2.75) is 52.4 Å². The highest BCUT2D eigenvalue weighted by Crippen LogP contribution is 2.43. The van der Waals surface area contributed by atoms with Gasteiger partial charge in [-0.15, -0.1) is 0 Å². The molecule has 0 saturated carbocycles. The predicted octanol–water partition coefficient (Wildman–Crippen LogP) is 8.45. The van der Waals surface area contributed by atoms with Gasteiger partial charge in [-0.1, -0.05) is 93.4 Å². The second-order valence-corrected chi connectivity index (χ2v) is 11.5. The van der Waals surface area contributed by atoms with E-state index in [1.165, 1.54) is 87.3 Å². The third kappa shape index (κ3) is 4.45. The number of rotatable bonds is 8.